The Bertz CT molecular complexity index is 341. The van der Waals surface area contributed by atoms with Gasteiger partial charge in [-0.1, -0.05) is 34.0 Å². The fraction of sp³-hybridized carbons (Fsp3) is 0.200. The van der Waals surface area contributed by atoms with Crippen LogP contribution < -0.4 is 11.3 Å². The van der Waals surface area contributed by atoms with Gasteiger partial charge in [-0.05, 0) is 24.1 Å². The van der Waals surface area contributed by atoms with Crippen LogP contribution in [0.2, 0.25) is 0 Å². The van der Waals surface area contributed by atoms with Crippen molar-refractivity contribution in [3.8, 4) is 12.3 Å². The molecule has 0 fully saturated rings. The van der Waals surface area contributed by atoms with Crippen molar-refractivity contribution in [2.24, 2.45) is 5.84 Å². The Morgan fingerprint density at radius 3 is 2.85 bits per heavy atom. The Labute approximate surface area is 86.6 Å². The summed E-state index contributed by atoms with van der Waals surface area (Å²) in [5.74, 6) is 7.91. The Morgan fingerprint density at radius 1 is 1.62 bits per heavy atom. The number of hydrogen-bond acceptors (Lipinski definition) is 2. The molecule has 0 aromatic heterocycles. The third-order valence-electron chi connectivity index (χ3n) is 1.95. The zero-order valence-electron chi connectivity index (χ0n) is 7.34. The maximum atomic E-state index is 5.33. The maximum absolute atomic E-state index is 5.33. The molecule has 68 valence electrons. The average Bonchev–Trinajstić information content (AvgIpc) is 2.14. The van der Waals surface area contributed by atoms with E-state index in [1.54, 1.807) is 0 Å². The second-order valence-electron chi connectivity index (χ2n) is 2.72. The van der Waals surface area contributed by atoms with Gasteiger partial charge >= 0.3 is 0 Å². The van der Waals surface area contributed by atoms with Gasteiger partial charge in [-0.25, -0.2) is 5.43 Å². The molecule has 13 heavy (non-hydrogen) atoms. The van der Waals surface area contributed by atoms with Crippen LogP contribution in [0.3, 0.4) is 0 Å². The van der Waals surface area contributed by atoms with E-state index in [1.165, 1.54) is 0 Å². The van der Waals surface area contributed by atoms with E-state index in [4.69, 9.17) is 12.3 Å². The smallest absolute Gasteiger partial charge is 0.107 e. The van der Waals surface area contributed by atoms with Crippen molar-refractivity contribution in [3.05, 3.63) is 33.8 Å². The highest BCUT2D eigenvalue weighted by Gasteiger charge is 2.09. The van der Waals surface area contributed by atoms with E-state index >= 15 is 0 Å². The minimum absolute atomic E-state index is 0.225. The molecule has 0 saturated carbocycles. The Kier molecular flexibility index (Phi) is 3.49. The first-order valence-corrected chi connectivity index (χ1v) is 4.67. The molecule has 1 rings (SSSR count). The van der Waals surface area contributed by atoms with Gasteiger partial charge in [0.25, 0.3) is 0 Å². The van der Waals surface area contributed by atoms with Crippen LogP contribution in [0.5, 0.6) is 0 Å². The van der Waals surface area contributed by atoms with E-state index in [-0.39, 0.29) is 6.04 Å². The van der Waals surface area contributed by atoms with Gasteiger partial charge in [-0.15, -0.1) is 6.42 Å². The molecule has 0 heterocycles. The maximum Gasteiger partial charge on any atom is 0.107 e. The van der Waals surface area contributed by atoms with E-state index in [9.17, 15) is 0 Å². The molecule has 0 spiro atoms. The van der Waals surface area contributed by atoms with Crippen LogP contribution in [0.25, 0.3) is 0 Å². The van der Waals surface area contributed by atoms with Crippen LogP contribution in [0.4, 0.5) is 0 Å². The second kappa shape index (κ2) is 4.43. The number of terminal acetylenes is 1. The molecule has 2 nitrogen and oxygen atoms in total. The van der Waals surface area contributed by atoms with E-state index in [0.717, 1.165) is 15.6 Å². The standard InChI is InChI=1S/C10H11BrN2/c1-3-10(13-12)8-5-4-6-9(11)7(8)2/h1,4-6,10,13H,12H2,2H3. The predicted molar refractivity (Wildman–Crippen MR) is 57.8 cm³/mol. The van der Waals surface area contributed by atoms with Crippen molar-refractivity contribution >= 4 is 15.9 Å². The van der Waals surface area contributed by atoms with Crippen molar-refractivity contribution in [2.45, 2.75) is 13.0 Å². The summed E-state index contributed by atoms with van der Waals surface area (Å²) >= 11 is 3.44. The molecule has 3 heteroatoms. The normalized spacial score (nSPS) is 12.2. The molecule has 1 unspecified atom stereocenters. The SMILES string of the molecule is C#CC(NN)c1cccc(Br)c1C. The van der Waals surface area contributed by atoms with Crippen molar-refractivity contribution in [1.82, 2.24) is 5.43 Å². The highest BCUT2D eigenvalue weighted by atomic mass is 79.9. The molecule has 0 saturated heterocycles. The molecule has 0 radical (unpaired) electrons. The van der Waals surface area contributed by atoms with E-state index < -0.39 is 0 Å². The largest absolute Gasteiger partial charge is 0.270 e. The molecular formula is C10H11BrN2. The zero-order chi connectivity index (χ0) is 9.84. The lowest BCUT2D eigenvalue weighted by atomic mass is 10.0. The Hall–Kier alpha value is -0.820. The molecule has 3 N–H and O–H groups in total. The van der Waals surface area contributed by atoms with Crippen LogP contribution in [0, 0.1) is 19.3 Å². The van der Waals surface area contributed by atoms with Gasteiger partial charge in [0.15, 0.2) is 0 Å². The lowest BCUT2D eigenvalue weighted by molar-refractivity contribution is 0.670. The van der Waals surface area contributed by atoms with Crippen LogP contribution in [0.1, 0.15) is 17.2 Å². The molecule has 0 aliphatic heterocycles. The van der Waals surface area contributed by atoms with Crippen molar-refractivity contribution in [3.63, 3.8) is 0 Å². The summed E-state index contributed by atoms with van der Waals surface area (Å²) in [5.41, 5.74) is 4.72. The molecule has 0 aliphatic rings. The second-order valence-corrected chi connectivity index (χ2v) is 3.57. The quantitative estimate of drug-likeness (QED) is 0.470. The molecule has 1 aromatic rings. The summed E-state index contributed by atoms with van der Waals surface area (Å²) in [6.45, 7) is 2.00. The van der Waals surface area contributed by atoms with E-state index in [2.05, 4.69) is 27.3 Å². The lowest BCUT2D eigenvalue weighted by Gasteiger charge is -2.13. The Balaban J connectivity index is 3.15. The summed E-state index contributed by atoms with van der Waals surface area (Å²) < 4.78 is 1.04. The van der Waals surface area contributed by atoms with Gasteiger partial charge in [0.05, 0.1) is 0 Å². The molecule has 0 bridgehead atoms. The molecular weight excluding hydrogens is 228 g/mol. The van der Waals surface area contributed by atoms with E-state index in [0.29, 0.717) is 0 Å². The fourth-order valence-electron chi connectivity index (χ4n) is 1.16. The summed E-state index contributed by atoms with van der Waals surface area (Å²) in [6, 6.07) is 5.65. The van der Waals surface area contributed by atoms with Crippen LogP contribution in [0.15, 0.2) is 22.7 Å². The number of rotatable bonds is 2. The van der Waals surface area contributed by atoms with E-state index in [1.807, 2.05) is 25.1 Å². The lowest BCUT2D eigenvalue weighted by Crippen LogP contribution is -2.27. The number of hydrazine groups is 1. The highest BCUT2D eigenvalue weighted by Crippen LogP contribution is 2.23. The third-order valence-corrected chi connectivity index (χ3v) is 2.81. The predicted octanol–water partition coefficient (Wildman–Crippen LogP) is 1.90. The van der Waals surface area contributed by atoms with Crippen molar-refractivity contribution in [1.29, 1.82) is 0 Å². The number of halogens is 1. The number of benzene rings is 1. The first kappa shape index (κ1) is 10.3. The number of hydrogen-bond donors (Lipinski definition) is 2. The zero-order valence-corrected chi connectivity index (χ0v) is 8.93. The van der Waals surface area contributed by atoms with Crippen LogP contribution in [-0.4, -0.2) is 0 Å². The molecule has 1 atom stereocenters. The number of nitrogens with two attached hydrogens (primary N) is 1. The first-order chi connectivity index (χ1) is 6.20. The minimum atomic E-state index is -0.225. The fourth-order valence-corrected chi connectivity index (χ4v) is 1.55. The van der Waals surface area contributed by atoms with Crippen molar-refractivity contribution in [2.75, 3.05) is 0 Å². The minimum Gasteiger partial charge on any atom is -0.270 e. The van der Waals surface area contributed by atoms with Crippen molar-refractivity contribution < 1.29 is 0 Å². The number of nitrogens with one attached hydrogen (secondary N) is 1. The molecule has 0 aliphatic carbocycles. The topological polar surface area (TPSA) is 38.0 Å². The van der Waals surface area contributed by atoms with Crippen LogP contribution >= 0.6 is 15.9 Å². The monoisotopic (exact) mass is 238 g/mol. The Morgan fingerprint density at radius 2 is 2.31 bits per heavy atom. The average molecular weight is 239 g/mol. The van der Waals surface area contributed by atoms with Gasteiger partial charge in [0, 0.05) is 4.47 Å². The molecule has 1 aromatic carbocycles. The summed E-state index contributed by atoms with van der Waals surface area (Å²) in [4.78, 5) is 0. The van der Waals surface area contributed by atoms with Gasteiger partial charge in [-0.2, -0.15) is 0 Å². The first-order valence-electron chi connectivity index (χ1n) is 3.88. The highest BCUT2D eigenvalue weighted by molar-refractivity contribution is 9.10. The van der Waals surface area contributed by atoms with Gasteiger partial charge in [-0.3, -0.25) is 5.84 Å². The summed E-state index contributed by atoms with van der Waals surface area (Å²) in [7, 11) is 0. The summed E-state index contributed by atoms with van der Waals surface area (Å²) in [6.07, 6.45) is 5.33. The third kappa shape index (κ3) is 2.10. The van der Waals surface area contributed by atoms with Gasteiger partial charge < -0.3 is 0 Å². The van der Waals surface area contributed by atoms with Gasteiger partial charge in [0.2, 0.25) is 0 Å². The molecule has 0 amide bonds. The van der Waals surface area contributed by atoms with Gasteiger partial charge in [0.1, 0.15) is 6.04 Å². The van der Waals surface area contributed by atoms with Crippen LogP contribution in [-0.2, 0) is 0 Å². The summed E-state index contributed by atoms with van der Waals surface area (Å²) in [5, 5.41) is 0.